The number of hydrogen-bond donors (Lipinski definition) is 2. The fourth-order valence-electron chi connectivity index (χ4n) is 1.21. The molecule has 2 aromatic rings. The van der Waals surface area contributed by atoms with E-state index in [1.165, 1.54) is 0 Å². The van der Waals surface area contributed by atoms with Crippen LogP contribution in [0.25, 0.3) is 0 Å². The van der Waals surface area contributed by atoms with Crippen molar-refractivity contribution in [1.82, 2.24) is 4.98 Å². The molecular weight excluding hydrogens is 188 g/mol. The zero-order chi connectivity index (χ0) is 10.5. The van der Waals surface area contributed by atoms with Gasteiger partial charge in [0.25, 0.3) is 0 Å². The molecule has 1 aromatic heterocycles. The first-order valence-corrected chi connectivity index (χ1v) is 4.65. The van der Waals surface area contributed by atoms with E-state index >= 15 is 0 Å². The van der Waals surface area contributed by atoms with E-state index < -0.39 is 0 Å². The molecule has 0 unspecified atom stereocenters. The molecule has 3 nitrogen and oxygen atoms in total. The Morgan fingerprint density at radius 2 is 1.87 bits per heavy atom. The zero-order valence-corrected chi connectivity index (χ0v) is 8.09. The number of hydrogen-bond acceptors (Lipinski definition) is 2. The van der Waals surface area contributed by atoms with Crippen LogP contribution >= 0.6 is 0 Å². The molecule has 0 fully saturated rings. The van der Waals surface area contributed by atoms with Crippen LogP contribution in [0.15, 0.2) is 48.7 Å². The Morgan fingerprint density at radius 1 is 1.07 bits per heavy atom. The number of rotatable bonds is 2. The van der Waals surface area contributed by atoms with Crippen molar-refractivity contribution in [3.8, 4) is 5.75 Å². The van der Waals surface area contributed by atoms with Gasteiger partial charge in [-0.05, 0) is 18.2 Å². The third-order valence-electron chi connectivity index (χ3n) is 1.98. The van der Waals surface area contributed by atoms with E-state index in [1.807, 2.05) is 30.3 Å². The Hall–Kier alpha value is -2.16. The summed E-state index contributed by atoms with van der Waals surface area (Å²) in [5, 5.41) is 9.50. The Balaban J connectivity index is 2.23. The number of pyridine rings is 1. The second-order valence-electron chi connectivity index (χ2n) is 3.06. The van der Waals surface area contributed by atoms with Crippen LogP contribution < -0.4 is 4.99 Å². The van der Waals surface area contributed by atoms with Gasteiger partial charge in [-0.3, -0.25) is 0 Å². The van der Waals surface area contributed by atoms with E-state index in [0.717, 1.165) is 11.4 Å². The molecule has 0 aliphatic heterocycles. The summed E-state index contributed by atoms with van der Waals surface area (Å²) in [7, 11) is 0. The SMILES string of the molecule is Oc1ccccc1/C=[NH+]/c1ccccn1. The molecule has 0 aliphatic rings. The van der Waals surface area contributed by atoms with Gasteiger partial charge in [-0.15, -0.1) is 0 Å². The van der Waals surface area contributed by atoms with Crippen molar-refractivity contribution < 1.29 is 10.1 Å². The third-order valence-corrected chi connectivity index (χ3v) is 1.98. The molecule has 0 saturated carbocycles. The predicted octanol–water partition coefficient (Wildman–Crippen LogP) is 0.618. The average molecular weight is 199 g/mol. The summed E-state index contributed by atoms with van der Waals surface area (Å²) in [6, 6.07) is 12.7. The number of benzene rings is 1. The Labute approximate surface area is 87.8 Å². The molecular formula is C12H11N2O+. The zero-order valence-electron chi connectivity index (χ0n) is 8.09. The smallest absolute Gasteiger partial charge is 0.320 e. The molecule has 0 saturated heterocycles. The van der Waals surface area contributed by atoms with E-state index in [2.05, 4.69) is 9.98 Å². The van der Waals surface area contributed by atoms with Crippen LogP contribution in [0.2, 0.25) is 0 Å². The number of nitrogens with one attached hydrogen (secondary N) is 1. The van der Waals surface area contributed by atoms with Crippen LogP contribution in [0.4, 0.5) is 5.82 Å². The summed E-state index contributed by atoms with van der Waals surface area (Å²) in [5.74, 6) is 1.00. The van der Waals surface area contributed by atoms with Crippen molar-refractivity contribution in [2.45, 2.75) is 0 Å². The van der Waals surface area contributed by atoms with Crippen LogP contribution in [0, 0.1) is 0 Å². The minimum absolute atomic E-state index is 0.251. The van der Waals surface area contributed by atoms with E-state index in [0.29, 0.717) is 0 Å². The number of phenols is 1. The normalized spacial score (nSPS) is 10.7. The summed E-state index contributed by atoms with van der Waals surface area (Å²) >= 11 is 0. The van der Waals surface area contributed by atoms with Gasteiger partial charge in [0.15, 0.2) is 0 Å². The van der Waals surface area contributed by atoms with E-state index in [9.17, 15) is 5.11 Å². The minimum atomic E-state index is 0.251. The fourth-order valence-corrected chi connectivity index (χ4v) is 1.21. The number of nitrogens with zero attached hydrogens (tertiary/aromatic N) is 1. The molecule has 0 atom stereocenters. The summed E-state index contributed by atoms with van der Waals surface area (Å²) in [4.78, 5) is 7.11. The summed E-state index contributed by atoms with van der Waals surface area (Å²) < 4.78 is 0. The van der Waals surface area contributed by atoms with Gasteiger partial charge in [-0.1, -0.05) is 23.2 Å². The lowest BCUT2D eigenvalue weighted by Crippen LogP contribution is -2.62. The number of phenolic OH excluding ortho intramolecular Hbond substituents is 1. The van der Waals surface area contributed by atoms with Crippen molar-refractivity contribution >= 4 is 12.0 Å². The average Bonchev–Trinajstić information content (AvgIpc) is 2.29. The quantitative estimate of drug-likeness (QED) is 0.696. The molecule has 74 valence electrons. The van der Waals surface area contributed by atoms with Gasteiger partial charge in [0.05, 0.1) is 11.8 Å². The highest BCUT2D eigenvalue weighted by Gasteiger charge is 1.98. The lowest BCUT2D eigenvalue weighted by Gasteiger charge is -1.93. The fraction of sp³-hybridized carbons (Fsp3) is 0. The highest BCUT2D eigenvalue weighted by atomic mass is 16.3. The van der Waals surface area contributed by atoms with Crippen molar-refractivity contribution in [2.75, 3.05) is 0 Å². The molecule has 2 N–H and O–H groups in total. The second kappa shape index (κ2) is 4.37. The van der Waals surface area contributed by atoms with Gasteiger partial charge < -0.3 is 5.11 Å². The van der Waals surface area contributed by atoms with Gasteiger partial charge in [-0.2, -0.15) is 0 Å². The molecule has 0 radical (unpaired) electrons. The van der Waals surface area contributed by atoms with Crippen LogP contribution in [0.5, 0.6) is 5.75 Å². The standard InChI is InChI=1S/C12H10N2O/c15-11-6-2-1-5-10(11)9-14-12-7-3-4-8-13-12/h1-9,15H/p+1/b14-9+. The van der Waals surface area contributed by atoms with Crippen LogP contribution in [0.3, 0.4) is 0 Å². The second-order valence-corrected chi connectivity index (χ2v) is 3.06. The minimum Gasteiger partial charge on any atom is -0.507 e. The predicted molar refractivity (Wildman–Crippen MR) is 58.1 cm³/mol. The molecule has 0 bridgehead atoms. The first-order chi connectivity index (χ1) is 7.36. The number of aromatic nitrogens is 1. The maximum Gasteiger partial charge on any atom is 0.320 e. The Morgan fingerprint density at radius 3 is 2.60 bits per heavy atom. The van der Waals surface area contributed by atoms with E-state index in [-0.39, 0.29) is 5.75 Å². The Kier molecular flexibility index (Phi) is 2.74. The van der Waals surface area contributed by atoms with Crippen molar-refractivity contribution in [3.63, 3.8) is 0 Å². The van der Waals surface area contributed by atoms with Gasteiger partial charge in [0, 0.05) is 6.07 Å². The molecule has 0 aliphatic carbocycles. The van der Waals surface area contributed by atoms with Crippen LogP contribution in [0.1, 0.15) is 5.56 Å². The highest BCUT2D eigenvalue weighted by molar-refractivity contribution is 5.79. The maximum atomic E-state index is 9.50. The molecule has 1 heterocycles. The number of para-hydroxylation sites is 1. The first-order valence-electron chi connectivity index (χ1n) is 4.65. The van der Waals surface area contributed by atoms with Gasteiger partial charge >= 0.3 is 5.82 Å². The highest BCUT2D eigenvalue weighted by Crippen LogP contribution is 2.11. The molecule has 3 heteroatoms. The van der Waals surface area contributed by atoms with Gasteiger partial charge in [-0.25, -0.2) is 4.99 Å². The third kappa shape index (κ3) is 2.40. The van der Waals surface area contributed by atoms with Crippen molar-refractivity contribution in [1.29, 1.82) is 0 Å². The lowest BCUT2D eigenvalue weighted by molar-refractivity contribution is -0.352. The van der Waals surface area contributed by atoms with Crippen molar-refractivity contribution in [2.24, 2.45) is 0 Å². The van der Waals surface area contributed by atoms with Gasteiger partial charge in [0.2, 0.25) is 0 Å². The molecule has 0 spiro atoms. The van der Waals surface area contributed by atoms with E-state index in [4.69, 9.17) is 0 Å². The molecule has 1 aromatic carbocycles. The van der Waals surface area contributed by atoms with Crippen LogP contribution in [-0.4, -0.2) is 16.3 Å². The largest absolute Gasteiger partial charge is 0.507 e. The maximum absolute atomic E-state index is 9.50. The lowest BCUT2D eigenvalue weighted by atomic mass is 10.2. The van der Waals surface area contributed by atoms with Crippen molar-refractivity contribution in [3.05, 3.63) is 54.2 Å². The molecule has 15 heavy (non-hydrogen) atoms. The molecule has 2 rings (SSSR count). The summed E-state index contributed by atoms with van der Waals surface area (Å²) in [6.07, 6.45) is 3.43. The van der Waals surface area contributed by atoms with E-state index in [1.54, 1.807) is 24.5 Å². The van der Waals surface area contributed by atoms with Crippen LogP contribution in [-0.2, 0) is 0 Å². The Bertz CT molecular complexity index is 466. The first kappa shape index (κ1) is 9.40. The summed E-state index contributed by atoms with van der Waals surface area (Å²) in [6.45, 7) is 0. The summed E-state index contributed by atoms with van der Waals surface area (Å²) in [5.41, 5.74) is 0.739. The number of aromatic hydroxyl groups is 1. The van der Waals surface area contributed by atoms with Gasteiger partial charge in [0.1, 0.15) is 11.9 Å². The molecule has 0 amide bonds. The topological polar surface area (TPSA) is 47.1 Å². The monoisotopic (exact) mass is 199 g/mol.